The van der Waals surface area contributed by atoms with E-state index in [1.807, 2.05) is 18.2 Å². The third-order valence-electron chi connectivity index (χ3n) is 2.64. The monoisotopic (exact) mass is 254 g/mol. The van der Waals surface area contributed by atoms with Crippen LogP contribution >= 0.6 is 0 Å². The van der Waals surface area contributed by atoms with E-state index in [0.717, 1.165) is 0 Å². The molecule has 0 aliphatic carbocycles. The van der Waals surface area contributed by atoms with Crippen LogP contribution in [0.4, 0.5) is 0 Å². The molecular formula is C13H18O3S. The predicted octanol–water partition coefficient (Wildman–Crippen LogP) is 2.47. The van der Waals surface area contributed by atoms with Gasteiger partial charge in [-0.15, -0.1) is 0 Å². The van der Waals surface area contributed by atoms with Crippen molar-refractivity contribution in [1.29, 1.82) is 0 Å². The van der Waals surface area contributed by atoms with E-state index in [9.17, 15) is 13.2 Å². The first kappa shape index (κ1) is 13.9. The van der Waals surface area contributed by atoms with Crippen LogP contribution in [-0.4, -0.2) is 25.7 Å². The molecule has 17 heavy (non-hydrogen) atoms. The van der Waals surface area contributed by atoms with E-state index < -0.39 is 9.84 Å². The summed E-state index contributed by atoms with van der Waals surface area (Å²) in [5.74, 6) is 0.449. The Balaban J connectivity index is 2.31. The van der Waals surface area contributed by atoms with Crippen LogP contribution in [0, 0.1) is 0 Å². The average Bonchev–Trinajstić information content (AvgIpc) is 2.35. The lowest BCUT2D eigenvalue weighted by molar-refractivity contribution is 0.0980. The number of ketones is 1. The van der Waals surface area contributed by atoms with Gasteiger partial charge in [0.05, 0.1) is 5.75 Å². The van der Waals surface area contributed by atoms with Gasteiger partial charge >= 0.3 is 0 Å². The van der Waals surface area contributed by atoms with Gasteiger partial charge in [-0.05, 0) is 12.8 Å². The Morgan fingerprint density at radius 3 is 2.35 bits per heavy atom. The topological polar surface area (TPSA) is 51.2 Å². The number of carbonyl (C=O) groups is 1. The number of unbranched alkanes of at least 4 members (excludes halogenated alkanes) is 1. The van der Waals surface area contributed by atoms with Crippen molar-refractivity contribution >= 4 is 15.6 Å². The number of hydrogen-bond acceptors (Lipinski definition) is 3. The number of benzene rings is 1. The molecule has 0 aromatic heterocycles. The minimum absolute atomic E-state index is 0.0829. The molecule has 1 aromatic rings. The predicted molar refractivity (Wildman–Crippen MR) is 69.0 cm³/mol. The van der Waals surface area contributed by atoms with Gasteiger partial charge in [0.2, 0.25) is 0 Å². The summed E-state index contributed by atoms with van der Waals surface area (Å²) < 4.78 is 22.5. The van der Waals surface area contributed by atoms with Crippen LogP contribution in [0.1, 0.15) is 36.5 Å². The van der Waals surface area contributed by atoms with Crippen molar-refractivity contribution in [3.05, 3.63) is 35.9 Å². The molecule has 0 radical (unpaired) electrons. The van der Waals surface area contributed by atoms with E-state index in [-0.39, 0.29) is 17.3 Å². The zero-order valence-electron chi connectivity index (χ0n) is 10.1. The molecule has 0 aliphatic heterocycles. The highest BCUT2D eigenvalue weighted by Gasteiger charge is 2.08. The lowest BCUT2D eigenvalue weighted by Gasteiger charge is -2.02. The molecular weight excluding hydrogens is 236 g/mol. The molecule has 0 unspecified atom stereocenters. The van der Waals surface area contributed by atoms with Crippen LogP contribution in [-0.2, 0) is 9.84 Å². The minimum Gasteiger partial charge on any atom is -0.294 e. The fraction of sp³-hybridized carbons (Fsp3) is 0.462. The summed E-state index contributed by atoms with van der Waals surface area (Å²) >= 11 is 0. The first-order valence-electron chi connectivity index (χ1n) is 5.84. The fourth-order valence-electron chi connectivity index (χ4n) is 1.52. The third-order valence-corrected chi connectivity index (χ3v) is 4.44. The van der Waals surface area contributed by atoms with Gasteiger partial charge in [-0.2, -0.15) is 0 Å². The third kappa shape index (κ3) is 5.13. The average molecular weight is 254 g/mol. The molecule has 1 aromatic carbocycles. The van der Waals surface area contributed by atoms with Crippen LogP contribution in [0.5, 0.6) is 0 Å². The van der Waals surface area contributed by atoms with Gasteiger partial charge in [-0.1, -0.05) is 37.3 Å². The number of hydrogen-bond donors (Lipinski definition) is 0. The molecule has 0 atom stereocenters. The molecule has 3 nitrogen and oxygen atoms in total. The van der Waals surface area contributed by atoms with E-state index in [4.69, 9.17) is 0 Å². The van der Waals surface area contributed by atoms with Gasteiger partial charge in [0.25, 0.3) is 0 Å². The second-order valence-electron chi connectivity index (χ2n) is 3.98. The van der Waals surface area contributed by atoms with Crippen LogP contribution in [0.2, 0.25) is 0 Å². The molecule has 0 amide bonds. The fourth-order valence-corrected chi connectivity index (χ4v) is 2.45. The van der Waals surface area contributed by atoms with E-state index in [0.29, 0.717) is 24.8 Å². The van der Waals surface area contributed by atoms with Gasteiger partial charge in [0.1, 0.15) is 9.84 Å². The second kappa shape index (κ2) is 6.55. The summed E-state index contributed by atoms with van der Waals surface area (Å²) in [6.07, 6.45) is 1.62. The maximum absolute atomic E-state index is 11.7. The zero-order valence-corrected chi connectivity index (χ0v) is 10.9. The lowest BCUT2D eigenvalue weighted by atomic mass is 10.1. The van der Waals surface area contributed by atoms with Gasteiger partial charge in [-0.25, -0.2) is 8.42 Å². The first-order chi connectivity index (χ1) is 8.05. The van der Waals surface area contributed by atoms with Crippen molar-refractivity contribution in [2.45, 2.75) is 26.2 Å². The Hall–Kier alpha value is -1.16. The molecule has 94 valence electrons. The minimum atomic E-state index is -2.89. The van der Waals surface area contributed by atoms with Gasteiger partial charge in [0.15, 0.2) is 5.78 Å². The van der Waals surface area contributed by atoms with Crippen molar-refractivity contribution in [3.63, 3.8) is 0 Å². The van der Waals surface area contributed by atoms with E-state index >= 15 is 0 Å². The highest BCUT2D eigenvalue weighted by molar-refractivity contribution is 7.91. The summed E-state index contributed by atoms with van der Waals surface area (Å²) in [7, 11) is -2.89. The van der Waals surface area contributed by atoms with E-state index in [1.165, 1.54) is 0 Å². The number of carbonyl (C=O) groups excluding carboxylic acids is 1. The number of rotatable bonds is 7. The second-order valence-corrected chi connectivity index (χ2v) is 6.46. The molecule has 0 aliphatic rings. The molecule has 0 N–H and O–H groups in total. The summed E-state index contributed by atoms with van der Waals surface area (Å²) in [6, 6.07) is 9.09. The van der Waals surface area contributed by atoms with Crippen molar-refractivity contribution in [1.82, 2.24) is 0 Å². The summed E-state index contributed by atoms with van der Waals surface area (Å²) in [6.45, 7) is 1.64. The Kier molecular flexibility index (Phi) is 5.35. The number of sulfone groups is 1. The van der Waals surface area contributed by atoms with Crippen molar-refractivity contribution in [2.75, 3.05) is 11.5 Å². The van der Waals surface area contributed by atoms with Gasteiger partial charge < -0.3 is 0 Å². The van der Waals surface area contributed by atoms with Gasteiger partial charge in [-0.3, -0.25) is 4.79 Å². The molecule has 4 heteroatoms. The van der Waals surface area contributed by atoms with Crippen molar-refractivity contribution < 1.29 is 13.2 Å². The normalized spacial score (nSPS) is 11.4. The molecule has 0 spiro atoms. The molecule has 0 saturated heterocycles. The Labute approximate surface area is 103 Å². The maximum Gasteiger partial charge on any atom is 0.162 e. The van der Waals surface area contributed by atoms with E-state index in [2.05, 4.69) is 0 Å². The van der Waals surface area contributed by atoms with Crippen LogP contribution < -0.4 is 0 Å². The Morgan fingerprint density at radius 1 is 1.12 bits per heavy atom. The standard InChI is InChI=1S/C13H18O3S/c1-2-17(15,16)11-7-6-10-13(14)12-8-4-3-5-9-12/h3-5,8-9H,2,6-7,10-11H2,1H3. The van der Waals surface area contributed by atoms with Crippen LogP contribution in [0.15, 0.2) is 30.3 Å². The SMILES string of the molecule is CCS(=O)(=O)CCCCC(=O)c1ccccc1. The van der Waals surface area contributed by atoms with Crippen molar-refractivity contribution in [3.8, 4) is 0 Å². The van der Waals surface area contributed by atoms with E-state index in [1.54, 1.807) is 19.1 Å². The Morgan fingerprint density at radius 2 is 1.76 bits per heavy atom. The molecule has 0 fully saturated rings. The summed E-state index contributed by atoms with van der Waals surface area (Å²) in [5, 5.41) is 0. The summed E-state index contributed by atoms with van der Waals surface area (Å²) in [4.78, 5) is 11.7. The maximum atomic E-state index is 11.7. The highest BCUT2D eigenvalue weighted by atomic mass is 32.2. The largest absolute Gasteiger partial charge is 0.294 e. The Bertz CT molecular complexity index is 449. The van der Waals surface area contributed by atoms with Crippen LogP contribution in [0.25, 0.3) is 0 Å². The zero-order chi connectivity index (χ0) is 12.7. The molecule has 0 bridgehead atoms. The molecule has 1 rings (SSSR count). The number of Topliss-reactive ketones (excluding diaryl/α,β-unsaturated/α-hetero) is 1. The highest BCUT2D eigenvalue weighted by Crippen LogP contribution is 2.07. The van der Waals surface area contributed by atoms with Crippen LogP contribution in [0.3, 0.4) is 0 Å². The molecule has 0 heterocycles. The molecule has 0 saturated carbocycles. The lowest BCUT2D eigenvalue weighted by Crippen LogP contribution is -2.09. The van der Waals surface area contributed by atoms with Gasteiger partial charge in [0, 0.05) is 17.7 Å². The quantitative estimate of drug-likeness (QED) is 0.555. The van der Waals surface area contributed by atoms with Crippen molar-refractivity contribution in [2.24, 2.45) is 0 Å². The smallest absolute Gasteiger partial charge is 0.162 e. The summed E-state index contributed by atoms with van der Waals surface area (Å²) in [5.41, 5.74) is 0.700. The first-order valence-corrected chi connectivity index (χ1v) is 7.66.